The fourth-order valence-corrected chi connectivity index (χ4v) is 4.21. The Kier molecular flexibility index (Phi) is 5.63. The molecule has 1 aromatic carbocycles. The van der Waals surface area contributed by atoms with Crippen LogP contribution in [0.1, 0.15) is 31.7 Å². The molecule has 7 nitrogen and oxygen atoms in total. The molecule has 0 aliphatic heterocycles. The van der Waals surface area contributed by atoms with Crippen molar-refractivity contribution in [3.63, 3.8) is 0 Å². The zero-order chi connectivity index (χ0) is 21.3. The molecule has 1 N–H and O–H groups in total. The number of aromatic nitrogens is 4. The Bertz CT molecular complexity index is 1260. The van der Waals surface area contributed by atoms with E-state index in [-0.39, 0.29) is 29.6 Å². The molecule has 0 radical (unpaired) electrons. The maximum Gasteiger partial charge on any atom is 0.272 e. The van der Waals surface area contributed by atoms with Crippen LogP contribution >= 0.6 is 11.3 Å². The number of nitrogens with zero attached hydrogens (tertiary/aromatic N) is 4. The molecule has 0 aliphatic rings. The minimum atomic E-state index is -0.306. The first kappa shape index (κ1) is 20.2. The van der Waals surface area contributed by atoms with Crippen molar-refractivity contribution in [1.29, 1.82) is 0 Å². The average molecular weight is 428 g/mol. The second-order valence-electron chi connectivity index (χ2n) is 7.60. The average Bonchev–Trinajstić information content (AvgIpc) is 3.36. The summed E-state index contributed by atoms with van der Waals surface area (Å²) in [5, 5.41) is 13.2. The van der Waals surface area contributed by atoms with E-state index in [1.165, 1.54) is 23.5 Å². The van der Waals surface area contributed by atoms with Gasteiger partial charge in [0.25, 0.3) is 5.56 Å². The molecular weight excluding hydrogens is 405 g/mol. The highest BCUT2D eigenvalue weighted by Gasteiger charge is 2.18. The molecule has 4 aromatic rings. The molecule has 0 bridgehead atoms. The maximum atomic E-state index is 13.0. The monoisotopic (exact) mass is 427 g/mol. The standard InChI is InChI=1S/C21H22FN5O2S/c1-13(2)12-26-20(29)19-16(9-10-30-19)27-17(24-25-21(26)27)7-8-18(28)23-11-14-3-5-15(22)6-4-14/h3-6,9-10,13H,7-8,11-12H2,1-2H3,(H,23,28). The van der Waals surface area contributed by atoms with Gasteiger partial charge in [-0.1, -0.05) is 26.0 Å². The summed E-state index contributed by atoms with van der Waals surface area (Å²) in [5.74, 6) is 0.984. The van der Waals surface area contributed by atoms with Crippen LogP contribution in [-0.4, -0.2) is 25.1 Å². The summed E-state index contributed by atoms with van der Waals surface area (Å²) in [5.41, 5.74) is 1.54. The van der Waals surface area contributed by atoms with Crippen LogP contribution in [0.4, 0.5) is 4.39 Å². The Morgan fingerprint density at radius 1 is 1.20 bits per heavy atom. The molecule has 0 saturated carbocycles. The summed E-state index contributed by atoms with van der Waals surface area (Å²) in [4.78, 5) is 25.2. The third kappa shape index (κ3) is 3.97. The number of carbonyl (C=O) groups excluding carboxylic acids is 1. The molecule has 0 unspecified atom stereocenters. The first-order valence-electron chi connectivity index (χ1n) is 9.79. The van der Waals surface area contributed by atoms with Gasteiger partial charge in [-0.3, -0.25) is 18.6 Å². The van der Waals surface area contributed by atoms with Crippen LogP contribution < -0.4 is 10.9 Å². The highest BCUT2D eigenvalue weighted by Crippen LogP contribution is 2.20. The number of hydrogen-bond donors (Lipinski definition) is 1. The molecule has 156 valence electrons. The predicted molar refractivity (Wildman–Crippen MR) is 114 cm³/mol. The lowest BCUT2D eigenvalue weighted by atomic mass is 10.2. The van der Waals surface area contributed by atoms with E-state index in [1.807, 2.05) is 29.7 Å². The van der Waals surface area contributed by atoms with Crippen molar-refractivity contribution in [1.82, 2.24) is 24.5 Å². The molecule has 30 heavy (non-hydrogen) atoms. The second kappa shape index (κ2) is 8.35. The van der Waals surface area contributed by atoms with Crippen LogP contribution in [0.15, 0.2) is 40.5 Å². The van der Waals surface area contributed by atoms with Crippen LogP contribution in [0.5, 0.6) is 0 Å². The van der Waals surface area contributed by atoms with Gasteiger partial charge in [0.2, 0.25) is 11.7 Å². The highest BCUT2D eigenvalue weighted by atomic mass is 32.1. The minimum Gasteiger partial charge on any atom is -0.352 e. The third-order valence-electron chi connectivity index (χ3n) is 4.81. The lowest BCUT2D eigenvalue weighted by molar-refractivity contribution is -0.121. The first-order chi connectivity index (χ1) is 14.4. The Hall–Kier alpha value is -3.07. The highest BCUT2D eigenvalue weighted by molar-refractivity contribution is 7.17. The summed E-state index contributed by atoms with van der Waals surface area (Å²) >= 11 is 1.40. The molecule has 9 heteroatoms. The quantitative estimate of drug-likeness (QED) is 0.491. The van der Waals surface area contributed by atoms with E-state index in [4.69, 9.17) is 0 Å². The maximum absolute atomic E-state index is 13.0. The van der Waals surface area contributed by atoms with Crippen LogP contribution in [0.3, 0.4) is 0 Å². The van der Waals surface area contributed by atoms with Crippen molar-refractivity contribution in [2.45, 2.75) is 39.8 Å². The molecule has 0 atom stereocenters. The van der Waals surface area contributed by atoms with Gasteiger partial charge in [-0.25, -0.2) is 4.39 Å². The number of nitrogens with one attached hydrogen (secondary N) is 1. The van der Waals surface area contributed by atoms with Crippen LogP contribution in [-0.2, 0) is 24.3 Å². The number of benzene rings is 1. The topological polar surface area (TPSA) is 81.3 Å². The van der Waals surface area contributed by atoms with E-state index in [2.05, 4.69) is 15.5 Å². The van der Waals surface area contributed by atoms with E-state index in [0.29, 0.717) is 35.8 Å². The molecule has 4 rings (SSSR count). The first-order valence-corrected chi connectivity index (χ1v) is 10.7. The van der Waals surface area contributed by atoms with Crippen LogP contribution in [0.25, 0.3) is 16.0 Å². The molecule has 0 aliphatic carbocycles. The lowest BCUT2D eigenvalue weighted by Gasteiger charge is -2.11. The fraction of sp³-hybridized carbons (Fsp3) is 0.333. The SMILES string of the molecule is CC(C)Cn1c(=O)c2sccc2n2c(CCC(=O)NCc3ccc(F)cc3)nnc12. The van der Waals surface area contributed by atoms with Crippen molar-refractivity contribution >= 4 is 33.2 Å². The van der Waals surface area contributed by atoms with Gasteiger partial charge in [-0.2, -0.15) is 0 Å². The molecule has 3 heterocycles. The number of aryl methyl sites for hydroxylation is 1. The normalized spacial score (nSPS) is 11.6. The van der Waals surface area contributed by atoms with Crippen LogP contribution in [0.2, 0.25) is 0 Å². The number of hydrogen-bond acceptors (Lipinski definition) is 5. The van der Waals surface area contributed by atoms with Gasteiger partial charge in [-0.05, 0) is 35.1 Å². The van der Waals surface area contributed by atoms with Gasteiger partial charge in [0.1, 0.15) is 16.3 Å². The zero-order valence-corrected chi connectivity index (χ0v) is 17.6. The van der Waals surface area contributed by atoms with Crippen molar-refractivity contribution in [3.05, 3.63) is 63.3 Å². The van der Waals surface area contributed by atoms with Crippen molar-refractivity contribution in [2.75, 3.05) is 0 Å². The fourth-order valence-electron chi connectivity index (χ4n) is 3.39. The minimum absolute atomic E-state index is 0.0582. The molecule has 0 spiro atoms. The van der Waals surface area contributed by atoms with Crippen molar-refractivity contribution in [2.24, 2.45) is 5.92 Å². The van der Waals surface area contributed by atoms with Gasteiger partial charge >= 0.3 is 0 Å². The molecular formula is C21H22FN5O2S. The molecule has 3 aromatic heterocycles. The molecule has 0 fully saturated rings. The van der Waals surface area contributed by atoms with Crippen LogP contribution in [0, 0.1) is 11.7 Å². The summed E-state index contributed by atoms with van der Waals surface area (Å²) in [7, 11) is 0. The van der Waals surface area contributed by atoms with Gasteiger partial charge in [0, 0.05) is 25.9 Å². The van der Waals surface area contributed by atoms with E-state index in [0.717, 1.165) is 11.1 Å². The Morgan fingerprint density at radius 2 is 1.97 bits per heavy atom. The van der Waals surface area contributed by atoms with Gasteiger partial charge in [-0.15, -0.1) is 21.5 Å². The summed E-state index contributed by atoms with van der Waals surface area (Å²) in [6.07, 6.45) is 0.623. The van der Waals surface area contributed by atoms with E-state index in [9.17, 15) is 14.0 Å². The number of halogens is 1. The summed E-state index contributed by atoms with van der Waals surface area (Å²) in [6, 6.07) is 7.90. The number of fused-ring (bicyclic) bond motifs is 3. The second-order valence-corrected chi connectivity index (χ2v) is 8.52. The van der Waals surface area contributed by atoms with Gasteiger partial charge in [0.05, 0.1) is 5.52 Å². The smallest absolute Gasteiger partial charge is 0.272 e. The van der Waals surface area contributed by atoms with Gasteiger partial charge < -0.3 is 5.32 Å². The number of amides is 1. The predicted octanol–water partition coefficient (Wildman–Crippen LogP) is 3.15. The molecule has 1 amide bonds. The summed E-state index contributed by atoms with van der Waals surface area (Å²) < 4.78 is 17.2. The number of thiophene rings is 1. The van der Waals surface area contributed by atoms with E-state index < -0.39 is 0 Å². The zero-order valence-electron chi connectivity index (χ0n) is 16.8. The Morgan fingerprint density at radius 3 is 2.70 bits per heavy atom. The van der Waals surface area contributed by atoms with Crippen molar-refractivity contribution in [3.8, 4) is 0 Å². The van der Waals surface area contributed by atoms with E-state index >= 15 is 0 Å². The third-order valence-corrected chi connectivity index (χ3v) is 5.70. The number of rotatable bonds is 7. The number of carbonyl (C=O) groups is 1. The van der Waals surface area contributed by atoms with Gasteiger partial charge in [0.15, 0.2) is 0 Å². The van der Waals surface area contributed by atoms with E-state index in [1.54, 1.807) is 16.7 Å². The Labute approximate surface area is 176 Å². The lowest BCUT2D eigenvalue weighted by Crippen LogP contribution is -2.25. The molecule has 0 saturated heterocycles. The largest absolute Gasteiger partial charge is 0.352 e. The van der Waals surface area contributed by atoms with Crippen molar-refractivity contribution < 1.29 is 9.18 Å². The Balaban J connectivity index is 1.54. The summed E-state index contributed by atoms with van der Waals surface area (Å²) in [6.45, 7) is 4.98.